The van der Waals surface area contributed by atoms with Crippen LogP contribution < -0.4 is 4.74 Å². The van der Waals surface area contributed by atoms with E-state index < -0.39 is 69.0 Å². The fraction of sp³-hybridized carbons (Fsp3) is 0.290. The summed E-state index contributed by atoms with van der Waals surface area (Å²) < 4.78 is 144. The zero-order valence-corrected chi connectivity index (χ0v) is 21.5. The molecule has 0 N–H and O–H groups in total. The number of ether oxygens (including phenoxy) is 1. The molecule has 0 amide bonds. The lowest BCUT2D eigenvalue weighted by atomic mass is 9.81. The molecule has 3 aromatic carbocycles. The van der Waals surface area contributed by atoms with Crippen LogP contribution in [0.5, 0.6) is 5.75 Å². The Kier molecular flexibility index (Phi) is 8.81. The topological polar surface area (TPSA) is 9.23 Å². The number of halogens is 10. The van der Waals surface area contributed by atoms with Gasteiger partial charge in [0.25, 0.3) is 0 Å². The second-order valence-electron chi connectivity index (χ2n) is 9.74. The van der Waals surface area contributed by atoms with Crippen LogP contribution in [0.3, 0.4) is 0 Å². The van der Waals surface area contributed by atoms with Gasteiger partial charge in [-0.15, -0.1) is 6.58 Å². The van der Waals surface area contributed by atoms with E-state index in [2.05, 4.69) is 23.2 Å². The molecule has 0 heterocycles. The molecule has 11 heteroatoms. The van der Waals surface area contributed by atoms with Gasteiger partial charge in [-0.25, -0.2) is 22.0 Å². The summed E-state index contributed by atoms with van der Waals surface area (Å²) in [6.07, 6.45) is -3.71. The van der Waals surface area contributed by atoms with Crippen LogP contribution in [-0.4, -0.2) is 6.18 Å². The maximum atomic E-state index is 14.9. The van der Waals surface area contributed by atoms with Gasteiger partial charge >= 0.3 is 12.3 Å². The number of allylic oxidation sites excluding steroid dienone is 1. The van der Waals surface area contributed by atoms with E-state index in [9.17, 15) is 43.9 Å². The van der Waals surface area contributed by atoms with Gasteiger partial charge < -0.3 is 4.74 Å². The third-order valence-electron chi connectivity index (χ3n) is 6.73. The molecule has 3 aromatic rings. The zero-order valence-electron chi connectivity index (χ0n) is 21.5. The minimum atomic E-state index is -5.10. The first-order chi connectivity index (χ1) is 19.7. The molecule has 0 radical (unpaired) electrons. The molecule has 0 aromatic heterocycles. The number of rotatable bonds is 5. The highest BCUT2D eigenvalue weighted by Gasteiger charge is 2.41. The molecule has 220 valence electrons. The third-order valence-corrected chi connectivity index (χ3v) is 6.73. The first-order valence-corrected chi connectivity index (χ1v) is 12.6. The minimum absolute atomic E-state index is 0.0214. The summed E-state index contributed by atoms with van der Waals surface area (Å²) in [4.78, 5) is 0. The van der Waals surface area contributed by atoms with Gasteiger partial charge in [0, 0.05) is 23.5 Å². The van der Waals surface area contributed by atoms with Crippen LogP contribution in [0.15, 0.2) is 43.0 Å². The van der Waals surface area contributed by atoms with E-state index in [0.717, 1.165) is 32.1 Å². The van der Waals surface area contributed by atoms with E-state index in [1.54, 1.807) is 0 Å². The maximum absolute atomic E-state index is 14.9. The third kappa shape index (κ3) is 7.02. The van der Waals surface area contributed by atoms with Crippen molar-refractivity contribution >= 4 is 10.8 Å². The average molecular weight is 598 g/mol. The quantitative estimate of drug-likeness (QED) is 0.162. The van der Waals surface area contributed by atoms with Gasteiger partial charge in [-0.3, -0.25) is 0 Å². The molecule has 42 heavy (non-hydrogen) atoms. The number of hydrogen-bond donors (Lipinski definition) is 0. The number of hydrogen-bond acceptors (Lipinski definition) is 1. The first-order valence-electron chi connectivity index (χ1n) is 12.6. The highest BCUT2D eigenvalue weighted by Crippen LogP contribution is 2.38. The predicted octanol–water partition coefficient (Wildman–Crippen LogP) is 9.31. The molecule has 0 spiro atoms. The van der Waals surface area contributed by atoms with Gasteiger partial charge in [0.1, 0.15) is 34.6 Å². The highest BCUT2D eigenvalue weighted by atomic mass is 19.4. The second kappa shape index (κ2) is 12.0. The van der Waals surface area contributed by atoms with E-state index >= 15 is 0 Å². The maximum Gasteiger partial charge on any atom is 0.458 e. The van der Waals surface area contributed by atoms with Crippen molar-refractivity contribution in [2.45, 2.75) is 44.4 Å². The van der Waals surface area contributed by atoms with Crippen LogP contribution in [0.2, 0.25) is 0 Å². The molecule has 0 aliphatic heterocycles. The van der Waals surface area contributed by atoms with Crippen LogP contribution >= 0.6 is 0 Å². The van der Waals surface area contributed by atoms with Gasteiger partial charge in [-0.1, -0.05) is 23.8 Å². The summed E-state index contributed by atoms with van der Waals surface area (Å²) in [5.74, 6) is -1.69. The summed E-state index contributed by atoms with van der Waals surface area (Å²) in [5, 5.41) is -1.79. The first kappa shape index (κ1) is 30.8. The molecule has 1 aliphatic carbocycles. The van der Waals surface area contributed by atoms with Gasteiger partial charge in [-0.05, 0) is 67.7 Å². The smallest absolute Gasteiger partial charge is 0.429 e. The van der Waals surface area contributed by atoms with Crippen molar-refractivity contribution in [1.82, 2.24) is 0 Å². The molecule has 4 rings (SSSR count). The van der Waals surface area contributed by atoms with Crippen LogP contribution in [0.4, 0.5) is 43.9 Å². The van der Waals surface area contributed by atoms with E-state index in [1.807, 2.05) is 6.08 Å². The van der Waals surface area contributed by atoms with Crippen molar-refractivity contribution in [3.05, 3.63) is 88.8 Å². The summed E-state index contributed by atoms with van der Waals surface area (Å²) in [7, 11) is 0. The SMILES string of the molecule is C=CCC1CCC(C#Cc2cc(F)c(C(F)(F)Oc3cc(F)c4c(F)c(C#CC(F)(F)F)c(F)cc4c3)c(F)c2)CC1. The summed E-state index contributed by atoms with van der Waals surface area (Å²) in [6.45, 7) is 3.71. The molecule has 0 bridgehead atoms. The molecule has 1 saturated carbocycles. The summed E-state index contributed by atoms with van der Waals surface area (Å²) in [6, 6.07) is 2.28. The monoisotopic (exact) mass is 598 g/mol. The molecule has 0 saturated heterocycles. The average Bonchev–Trinajstić information content (AvgIpc) is 2.86. The van der Waals surface area contributed by atoms with Crippen molar-refractivity contribution in [3.63, 3.8) is 0 Å². The Labute approximate surface area is 234 Å². The molecule has 1 fully saturated rings. The lowest BCUT2D eigenvalue weighted by molar-refractivity contribution is -0.189. The standard InChI is InChI=1S/C31H20F10O/c1-2-3-17-4-6-18(7-5-17)8-9-19-12-25(34)28(26(35)13-19)31(40,41)42-21-14-20-15-23(32)22(10-11-30(37,38)39)29(36)27(20)24(33)16-21/h2,12-18H,1,3-7H2. The van der Waals surface area contributed by atoms with Crippen LogP contribution in [0.25, 0.3) is 10.8 Å². The molecule has 0 unspecified atom stereocenters. The predicted molar refractivity (Wildman–Crippen MR) is 135 cm³/mol. The van der Waals surface area contributed by atoms with Gasteiger partial charge in [0.15, 0.2) is 5.82 Å². The van der Waals surface area contributed by atoms with Crippen molar-refractivity contribution in [3.8, 4) is 29.4 Å². The van der Waals surface area contributed by atoms with Gasteiger partial charge in [0.2, 0.25) is 0 Å². The van der Waals surface area contributed by atoms with Crippen molar-refractivity contribution in [1.29, 1.82) is 0 Å². The van der Waals surface area contributed by atoms with Crippen molar-refractivity contribution in [2.75, 3.05) is 0 Å². The molecular weight excluding hydrogens is 578 g/mol. The minimum Gasteiger partial charge on any atom is -0.429 e. The zero-order chi connectivity index (χ0) is 30.8. The number of fused-ring (bicyclic) bond motifs is 1. The van der Waals surface area contributed by atoms with Crippen LogP contribution in [0, 0.1) is 64.6 Å². The highest BCUT2D eigenvalue weighted by molar-refractivity contribution is 5.87. The molecule has 1 aliphatic rings. The Bertz CT molecular complexity index is 1620. The number of alkyl halides is 5. The summed E-state index contributed by atoms with van der Waals surface area (Å²) in [5.41, 5.74) is -3.40. The van der Waals surface area contributed by atoms with E-state index in [4.69, 9.17) is 0 Å². The lowest BCUT2D eigenvalue weighted by Gasteiger charge is -2.24. The van der Waals surface area contributed by atoms with E-state index in [-0.39, 0.29) is 17.5 Å². The van der Waals surface area contributed by atoms with E-state index in [0.29, 0.717) is 36.1 Å². The van der Waals surface area contributed by atoms with Gasteiger partial charge in [0.05, 0.1) is 10.9 Å². The van der Waals surface area contributed by atoms with E-state index in [1.165, 1.54) is 5.92 Å². The Morgan fingerprint density at radius 2 is 1.45 bits per heavy atom. The second-order valence-corrected chi connectivity index (χ2v) is 9.74. The lowest BCUT2D eigenvalue weighted by Crippen LogP contribution is -2.25. The Hall–Kier alpha value is -4.12. The number of benzene rings is 3. The van der Waals surface area contributed by atoms with Crippen LogP contribution in [0.1, 0.15) is 48.8 Å². The molecule has 1 nitrogen and oxygen atoms in total. The summed E-state index contributed by atoms with van der Waals surface area (Å²) >= 11 is 0. The van der Waals surface area contributed by atoms with Crippen molar-refractivity contribution in [2.24, 2.45) is 11.8 Å². The fourth-order valence-corrected chi connectivity index (χ4v) is 4.78. The van der Waals surface area contributed by atoms with Gasteiger partial charge in [-0.2, -0.15) is 22.0 Å². The van der Waals surface area contributed by atoms with Crippen LogP contribution in [-0.2, 0) is 6.11 Å². The Morgan fingerprint density at radius 3 is 2.05 bits per heavy atom. The van der Waals surface area contributed by atoms with Crippen molar-refractivity contribution < 1.29 is 48.6 Å². The molecular formula is C31H20F10O. The largest absolute Gasteiger partial charge is 0.458 e. The normalized spacial score (nSPS) is 17.2. The molecule has 0 atom stereocenters. The fourth-order valence-electron chi connectivity index (χ4n) is 4.78. The Morgan fingerprint density at radius 1 is 0.810 bits per heavy atom. The Balaban J connectivity index is 1.59.